The number of carboxylic acid groups (broad SMARTS) is 1. The van der Waals surface area contributed by atoms with E-state index < -0.39 is 5.97 Å². The third-order valence-corrected chi connectivity index (χ3v) is 2.29. The summed E-state index contributed by atoms with van der Waals surface area (Å²) in [6.07, 6.45) is 4.74. The average molecular weight is 211 g/mol. The minimum absolute atomic E-state index is 0.0218. The molecule has 4 heteroatoms. The van der Waals surface area contributed by atoms with Gasteiger partial charge in [-0.1, -0.05) is 13.3 Å². The van der Waals surface area contributed by atoms with Gasteiger partial charge in [0.2, 0.25) is 0 Å². The smallest absolute Gasteiger partial charge is 0.355 e. The van der Waals surface area contributed by atoms with Gasteiger partial charge in [0.15, 0.2) is 5.69 Å². The molecule has 0 bridgehead atoms. The molecule has 0 unspecified atom stereocenters. The molecule has 14 heavy (non-hydrogen) atoms. The highest BCUT2D eigenvalue weighted by Gasteiger charge is 2.09. The van der Waals surface area contributed by atoms with Crippen LogP contribution in [0.5, 0.6) is 0 Å². The second kappa shape index (κ2) is 5.00. The molecule has 0 aliphatic heterocycles. The van der Waals surface area contributed by atoms with Crippen LogP contribution in [0.4, 0.5) is 0 Å². The Morgan fingerprint density at radius 3 is 2.86 bits per heavy atom. The zero-order chi connectivity index (χ0) is 10.6. The Kier molecular flexibility index (Phi) is 3.95. The van der Waals surface area contributed by atoms with Crippen molar-refractivity contribution >= 4 is 18.6 Å². The van der Waals surface area contributed by atoms with Gasteiger partial charge in [-0.2, -0.15) is 0 Å². The Balaban J connectivity index is 2.83. The van der Waals surface area contributed by atoms with Gasteiger partial charge in [0, 0.05) is 11.1 Å². The lowest BCUT2D eigenvalue weighted by Crippen LogP contribution is -2.02. The molecule has 76 valence electrons. The van der Waals surface area contributed by atoms with Crippen LogP contribution >= 0.6 is 12.6 Å². The van der Waals surface area contributed by atoms with Gasteiger partial charge < -0.3 is 5.11 Å². The van der Waals surface area contributed by atoms with Crippen LogP contribution in [0.3, 0.4) is 0 Å². The molecule has 1 N–H and O–H groups in total. The highest BCUT2D eigenvalue weighted by Crippen LogP contribution is 2.14. The molecule has 1 aromatic rings. The van der Waals surface area contributed by atoms with E-state index >= 15 is 0 Å². The number of pyridine rings is 1. The van der Waals surface area contributed by atoms with E-state index in [1.807, 2.05) is 0 Å². The summed E-state index contributed by atoms with van der Waals surface area (Å²) in [4.78, 5) is 14.9. The zero-order valence-electron chi connectivity index (χ0n) is 8.03. The Bertz CT molecular complexity index is 339. The minimum Gasteiger partial charge on any atom is -0.476 e. The summed E-state index contributed by atoms with van der Waals surface area (Å²) in [5.74, 6) is -1.03. The molecule has 0 fully saturated rings. The Labute approximate surface area is 88.6 Å². The van der Waals surface area contributed by atoms with Crippen LogP contribution in [-0.4, -0.2) is 16.1 Å². The molecule has 0 saturated heterocycles. The molecule has 0 saturated carbocycles. The fourth-order valence-corrected chi connectivity index (χ4v) is 1.50. The molecule has 0 spiro atoms. The van der Waals surface area contributed by atoms with E-state index in [2.05, 4.69) is 24.5 Å². The predicted molar refractivity (Wildman–Crippen MR) is 57.1 cm³/mol. The quantitative estimate of drug-likeness (QED) is 0.752. The number of hydrogen-bond acceptors (Lipinski definition) is 3. The van der Waals surface area contributed by atoms with E-state index in [0.717, 1.165) is 24.8 Å². The highest BCUT2D eigenvalue weighted by molar-refractivity contribution is 7.80. The molecular formula is C10H13NO2S. The number of carbonyl (C=O) groups is 1. The van der Waals surface area contributed by atoms with Gasteiger partial charge in [-0.3, -0.25) is 0 Å². The molecular weight excluding hydrogens is 198 g/mol. The van der Waals surface area contributed by atoms with Gasteiger partial charge in [-0.25, -0.2) is 9.78 Å². The number of aromatic carboxylic acids is 1. The molecule has 1 heterocycles. The van der Waals surface area contributed by atoms with E-state index in [1.165, 1.54) is 0 Å². The maximum Gasteiger partial charge on any atom is 0.355 e. The van der Waals surface area contributed by atoms with Gasteiger partial charge >= 0.3 is 5.97 Å². The van der Waals surface area contributed by atoms with Crippen LogP contribution in [0.1, 0.15) is 35.8 Å². The Morgan fingerprint density at radius 1 is 1.64 bits per heavy atom. The van der Waals surface area contributed by atoms with Crippen molar-refractivity contribution < 1.29 is 9.90 Å². The first-order valence-corrected chi connectivity index (χ1v) is 5.01. The van der Waals surface area contributed by atoms with Gasteiger partial charge in [-0.15, -0.1) is 12.6 Å². The Morgan fingerprint density at radius 2 is 2.36 bits per heavy atom. The van der Waals surface area contributed by atoms with Crippen molar-refractivity contribution in [2.24, 2.45) is 0 Å². The van der Waals surface area contributed by atoms with Crippen molar-refractivity contribution in [3.05, 3.63) is 23.5 Å². The lowest BCUT2D eigenvalue weighted by atomic mass is 10.1. The lowest BCUT2D eigenvalue weighted by molar-refractivity contribution is 0.0686. The molecule has 1 rings (SSSR count). The summed E-state index contributed by atoms with van der Waals surface area (Å²) in [5, 5.41) is 8.72. The number of rotatable bonds is 4. The normalized spacial score (nSPS) is 10.1. The third kappa shape index (κ3) is 2.73. The van der Waals surface area contributed by atoms with Crippen molar-refractivity contribution in [3.8, 4) is 0 Å². The van der Waals surface area contributed by atoms with Crippen molar-refractivity contribution in [3.63, 3.8) is 0 Å². The minimum atomic E-state index is -1.03. The molecule has 0 atom stereocenters. The van der Waals surface area contributed by atoms with Crippen molar-refractivity contribution in [1.29, 1.82) is 0 Å². The SMILES string of the molecule is CCCCc1cnc(C(=O)O)c(S)c1. The zero-order valence-corrected chi connectivity index (χ0v) is 8.92. The maximum absolute atomic E-state index is 10.6. The van der Waals surface area contributed by atoms with Crippen molar-refractivity contribution in [1.82, 2.24) is 4.98 Å². The molecule has 1 aromatic heterocycles. The number of hydrogen-bond donors (Lipinski definition) is 2. The fraction of sp³-hybridized carbons (Fsp3) is 0.400. The molecule has 3 nitrogen and oxygen atoms in total. The standard InChI is InChI=1S/C10H13NO2S/c1-2-3-4-7-5-8(14)9(10(12)13)11-6-7/h5-6,14H,2-4H2,1H3,(H,12,13). The number of carboxylic acids is 1. The van der Waals surface area contributed by atoms with E-state index in [1.54, 1.807) is 12.3 Å². The van der Waals surface area contributed by atoms with Crippen LogP contribution in [0.15, 0.2) is 17.2 Å². The number of unbranched alkanes of at least 4 members (excludes halogenated alkanes) is 1. The molecule has 0 aliphatic carbocycles. The predicted octanol–water partition coefficient (Wildman–Crippen LogP) is 2.41. The van der Waals surface area contributed by atoms with Crippen LogP contribution in [0.25, 0.3) is 0 Å². The van der Waals surface area contributed by atoms with Crippen LogP contribution < -0.4 is 0 Å². The molecule has 0 amide bonds. The summed E-state index contributed by atoms with van der Waals surface area (Å²) < 4.78 is 0. The van der Waals surface area contributed by atoms with Gasteiger partial charge in [-0.05, 0) is 24.5 Å². The van der Waals surface area contributed by atoms with Gasteiger partial charge in [0.25, 0.3) is 0 Å². The summed E-state index contributed by atoms with van der Waals surface area (Å²) >= 11 is 4.09. The fourth-order valence-electron chi connectivity index (χ4n) is 1.18. The molecule has 0 radical (unpaired) electrons. The molecule has 0 aliphatic rings. The first-order chi connectivity index (χ1) is 6.65. The van der Waals surface area contributed by atoms with E-state index in [4.69, 9.17) is 5.11 Å². The lowest BCUT2D eigenvalue weighted by Gasteiger charge is -2.02. The van der Waals surface area contributed by atoms with E-state index in [0.29, 0.717) is 4.90 Å². The van der Waals surface area contributed by atoms with Gasteiger partial charge in [0.05, 0.1) is 0 Å². The highest BCUT2D eigenvalue weighted by atomic mass is 32.1. The van der Waals surface area contributed by atoms with Crippen molar-refractivity contribution in [2.75, 3.05) is 0 Å². The first-order valence-electron chi connectivity index (χ1n) is 4.56. The number of nitrogens with zero attached hydrogens (tertiary/aromatic N) is 1. The summed E-state index contributed by atoms with van der Waals surface area (Å²) in [6, 6.07) is 1.77. The Hall–Kier alpha value is -1.03. The summed E-state index contributed by atoms with van der Waals surface area (Å²) in [5.41, 5.74) is 1.07. The van der Waals surface area contributed by atoms with Gasteiger partial charge in [0.1, 0.15) is 0 Å². The van der Waals surface area contributed by atoms with E-state index in [9.17, 15) is 4.79 Å². The summed E-state index contributed by atoms with van der Waals surface area (Å²) in [6.45, 7) is 2.11. The summed E-state index contributed by atoms with van der Waals surface area (Å²) in [7, 11) is 0. The number of aryl methyl sites for hydroxylation is 1. The maximum atomic E-state index is 10.6. The molecule has 0 aromatic carbocycles. The van der Waals surface area contributed by atoms with Crippen LogP contribution in [-0.2, 0) is 6.42 Å². The second-order valence-corrected chi connectivity index (χ2v) is 3.60. The van der Waals surface area contributed by atoms with Crippen LogP contribution in [0.2, 0.25) is 0 Å². The largest absolute Gasteiger partial charge is 0.476 e. The van der Waals surface area contributed by atoms with Crippen LogP contribution in [0, 0.1) is 0 Å². The topological polar surface area (TPSA) is 50.2 Å². The average Bonchev–Trinajstić information content (AvgIpc) is 2.14. The third-order valence-electron chi connectivity index (χ3n) is 1.95. The first kappa shape index (κ1) is 11.0. The van der Waals surface area contributed by atoms with E-state index in [-0.39, 0.29) is 5.69 Å². The monoisotopic (exact) mass is 211 g/mol. The van der Waals surface area contributed by atoms with Crippen molar-refractivity contribution in [2.45, 2.75) is 31.1 Å². The number of aromatic nitrogens is 1. The second-order valence-electron chi connectivity index (χ2n) is 3.12. The number of thiol groups is 1.